The Balaban J connectivity index is 1.92. The maximum absolute atomic E-state index is 13.4. The summed E-state index contributed by atoms with van der Waals surface area (Å²) in [7, 11) is 0. The number of aryl methyl sites for hydroxylation is 4. The van der Waals surface area contributed by atoms with Gasteiger partial charge in [0.25, 0.3) is 0 Å². The zero-order chi connectivity index (χ0) is 25.4. The number of ether oxygens (including phenoxy) is 1. The summed E-state index contributed by atoms with van der Waals surface area (Å²) in [5.74, 6) is -0.156. The Morgan fingerprint density at radius 1 is 0.917 bits per heavy atom. The molecule has 2 aromatic heterocycles. The normalized spacial score (nSPS) is 11.9. The summed E-state index contributed by atoms with van der Waals surface area (Å²) >= 11 is 0. The van der Waals surface area contributed by atoms with E-state index < -0.39 is 5.97 Å². The second kappa shape index (κ2) is 9.38. The van der Waals surface area contributed by atoms with E-state index >= 15 is 0 Å². The van der Waals surface area contributed by atoms with Crippen molar-refractivity contribution in [3.05, 3.63) is 94.0 Å². The molecular formula is C30H29N3O3. The molecule has 0 spiro atoms. The topological polar surface area (TPSA) is 79.6 Å². The number of aromatic nitrogens is 1. The van der Waals surface area contributed by atoms with Crippen LogP contribution in [0.2, 0.25) is 0 Å². The summed E-state index contributed by atoms with van der Waals surface area (Å²) in [5, 5.41) is 5.02. The van der Waals surface area contributed by atoms with E-state index in [1.165, 1.54) is 0 Å². The number of carbonyl (C=O) groups excluding carboxylic acids is 1. The fraction of sp³-hybridized carbons (Fsp3) is 0.200. The van der Waals surface area contributed by atoms with Gasteiger partial charge < -0.3 is 19.5 Å². The van der Waals surface area contributed by atoms with Crippen LogP contribution in [0.15, 0.2) is 70.1 Å². The fourth-order valence-corrected chi connectivity index (χ4v) is 4.65. The molecule has 3 aromatic carbocycles. The Hall–Kier alpha value is -4.32. The van der Waals surface area contributed by atoms with Crippen molar-refractivity contribution < 1.29 is 13.9 Å². The maximum atomic E-state index is 13.4. The highest BCUT2D eigenvalue weighted by Crippen LogP contribution is 2.35. The number of rotatable bonds is 5. The van der Waals surface area contributed by atoms with Crippen molar-refractivity contribution in [3.8, 4) is 0 Å². The smallest absolute Gasteiger partial charge is 0.344 e. The predicted octanol–water partition coefficient (Wildman–Crippen LogP) is 7.30. The first-order valence-electron chi connectivity index (χ1n) is 12.1. The van der Waals surface area contributed by atoms with Crippen LogP contribution in [-0.2, 0) is 4.74 Å². The number of anilines is 2. The summed E-state index contributed by atoms with van der Waals surface area (Å²) in [4.78, 5) is 21.8. The van der Waals surface area contributed by atoms with Crippen molar-refractivity contribution in [2.75, 3.05) is 11.9 Å². The Bertz CT molecular complexity index is 1650. The molecular weight excluding hydrogens is 450 g/mol. The van der Waals surface area contributed by atoms with Crippen molar-refractivity contribution >= 4 is 45.0 Å². The van der Waals surface area contributed by atoms with E-state index in [1.807, 2.05) is 88.4 Å². The number of nitrogens with zero attached hydrogens (tertiary/aromatic N) is 1. The minimum absolute atomic E-state index is 0.250. The minimum Gasteiger partial charge on any atom is -0.462 e. The zero-order valence-electron chi connectivity index (χ0n) is 21.2. The molecule has 6 nitrogen and oxygen atoms in total. The van der Waals surface area contributed by atoms with Crippen molar-refractivity contribution in [2.45, 2.75) is 34.6 Å². The molecule has 5 aromatic rings. The third-order valence-electron chi connectivity index (χ3n) is 6.45. The quantitative estimate of drug-likeness (QED) is 0.259. The highest BCUT2D eigenvalue weighted by molar-refractivity contribution is 6.18. The molecule has 0 aliphatic carbocycles. The molecule has 36 heavy (non-hydrogen) atoms. The molecule has 0 aliphatic rings. The molecule has 6 heteroatoms. The lowest BCUT2D eigenvalue weighted by Crippen LogP contribution is -2.14. The van der Waals surface area contributed by atoms with E-state index in [-0.39, 0.29) is 6.61 Å². The van der Waals surface area contributed by atoms with Gasteiger partial charge in [0, 0.05) is 22.0 Å². The van der Waals surface area contributed by atoms with Gasteiger partial charge in [-0.25, -0.2) is 9.79 Å². The van der Waals surface area contributed by atoms with Crippen LogP contribution in [0.1, 0.15) is 39.5 Å². The Morgan fingerprint density at radius 3 is 2.22 bits per heavy atom. The molecule has 0 radical (unpaired) electrons. The number of hydrogen-bond donors (Lipinski definition) is 2. The maximum Gasteiger partial charge on any atom is 0.344 e. The van der Waals surface area contributed by atoms with Gasteiger partial charge in [0.1, 0.15) is 11.1 Å². The summed E-state index contributed by atoms with van der Waals surface area (Å²) in [6.07, 6.45) is 0. The second-order valence-corrected chi connectivity index (χ2v) is 9.00. The average Bonchev–Trinajstić information content (AvgIpc) is 3.23. The van der Waals surface area contributed by atoms with E-state index in [1.54, 1.807) is 6.92 Å². The molecule has 2 N–H and O–H groups in total. The predicted molar refractivity (Wildman–Crippen MR) is 144 cm³/mol. The van der Waals surface area contributed by atoms with Crippen LogP contribution < -0.4 is 10.9 Å². The number of nitrogens with one attached hydrogen (secondary N) is 2. The summed E-state index contributed by atoms with van der Waals surface area (Å²) in [5.41, 5.74) is 8.12. The van der Waals surface area contributed by atoms with Gasteiger partial charge in [0.15, 0.2) is 0 Å². The molecule has 182 valence electrons. The molecule has 0 saturated heterocycles. The number of H-pyrrole nitrogens is 1. The Morgan fingerprint density at radius 2 is 1.56 bits per heavy atom. The summed E-state index contributed by atoms with van der Waals surface area (Å²) in [6.45, 7) is 10.1. The highest BCUT2D eigenvalue weighted by atomic mass is 16.5. The van der Waals surface area contributed by atoms with Gasteiger partial charge in [0.2, 0.25) is 11.4 Å². The molecule has 0 bridgehead atoms. The van der Waals surface area contributed by atoms with Gasteiger partial charge in [-0.05, 0) is 62.9 Å². The number of benzene rings is 3. The van der Waals surface area contributed by atoms with Gasteiger partial charge in [-0.15, -0.1) is 0 Å². The van der Waals surface area contributed by atoms with Gasteiger partial charge in [-0.2, -0.15) is 0 Å². The zero-order valence-corrected chi connectivity index (χ0v) is 21.2. The van der Waals surface area contributed by atoms with Crippen LogP contribution in [0, 0.1) is 27.7 Å². The molecule has 0 saturated carbocycles. The standard InChI is InChI=1S/C30H29N3O3/c1-6-35-30(34)24-23-21-15-7-8-16-22(21)31-27(23)29(33-26-19(4)13-10-14-20(26)5)36-28(24)32-25-17(2)11-9-12-18(25)3/h7-16,31-32H,6H2,1-5H3. The van der Waals surface area contributed by atoms with Crippen LogP contribution in [0.25, 0.3) is 21.8 Å². The lowest BCUT2D eigenvalue weighted by molar-refractivity contribution is 0.0527. The molecule has 5 rings (SSSR count). The van der Waals surface area contributed by atoms with Crippen LogP contribution >= 0.6 is 0 Å². The van der Waals surface area contributed by atoms with Gasteiger partial charge >= 0.3 is 5.97 Å². The SMILES string of the molecule is CCOC(=O)c1c(Nc2c(C)cccc2C)oc(=Nc2c(C)cccc2C)c2[nH]c3ccccc3c12. The molecule has 0 fully saturated rings. The van der Waals surface area contributed by atoms with Crippen LogP contribution in [0.4, 0.5) is 17.3 Å². The number of aromatic amines is 1. The van der Waals surface area contributed by atoms with E-state index in [9.17, 15) is 4.79 Å². The number of carbonyl (C=O) groups is 1. The molecule has 0 atom stereocenters. The lowest BCUT2D eigenvalue weighted by atomic mass is 10.1. The number of fused-ring (bicyclic) bond motifs is 3. The van der Waals surface area contributed by atoms with Gasteiger partial charge in [-0.3, -0.25) is 0 Å². The lowest BCUT2D eigenvalue weighted by Gasteiger charge is -2.15. The average molecular weight is 480 g/mol. The van der Waals surface area contributed by atoms with Crippen molar-refractivity contribution in [2.24, 2.45) is 4.99 Å². The first kappa shape index (κ1) is 23.4. The number of para-hydroxylation sites is 3. The first-order chi connectivity index (χ1) is 17.4. The van der Waals surface area contributed by atoms with Crippen molar-refractivity contribution in [1.82, 2.24) is 4.98 Å². The van der Waals surface area contributed by atoms with Crippen LogP contribution in [0.3, 0.4) is 0 Å². The minimum atomic E-state index is -0.455. The number of hydrogen-bond acceptors (Lipinski definition) is 5. The molecule has 0 unspecified atom stereocenters. The van der Waals surface area contributed by atoms with E-state index in [0.29, 0.717) is 27.9 Å². The van der Waals surface area contributed by atoms with Gasteiger partial charge in [0.05, 0.1) is 12.3 Å². The third kappa shape index (κ3) is 4.05. The molecule has 0 aliphatic heterocycles. The van der Waals surface area contributed by atoms with Crippen molar-refractivity contribution in [3.63, 3.8) is 0 Å². The summed E-state index contributed by atoms with van der Waals surface area (Å²) in [6, 6.07) is 20.0. The third-order valence-corrected chi connectivity index (χ3v) is 6.45. The Kier molecular flexibility index (Phi) is 6.10. The van der Waals surface area contributed by atoms with E-state index in [0.717, 1.165) is 44.5 Å². The highest BCUT2D eigenvalue weighted by Gasteiger charge is 2.25. The van der Waals surface area contributed by atoms with Crippen LogP contribution in [0.5, 0.6) is 0 Å². The van der Waals surface area contributed by atoms with Crippen molar-refractivity contribution in [1.29, 1.82) is 0 Å². The fourth-order valence-electron chi connectivity index (χ4n) is 4.65. The first-order valence-corrected chi connectivity index (χ1v) is 12.1. The summed E-state index contributed by atoms with van der Waals surface area (Å²) < 4.78 is 11.9. The molecule has 2 heterocycles. The van der Waals surface area contributed by atoms with E-state index in [4.69, 9.17) is 14.1 Å². The van der Waals surface area contributed by atoms with Crippen LogP contribution in [-0.4, -0.2) is 17.6 Å². The molecule has 0 amide bonds. The Labute approximate surface area is 209 Å². The largest absolute Gasteiger partial charge is 0.462 e. The monoisotopic (exact) mass is 479 g/mol. The van der Waals surface area contributed by atoms with E-state index in [2.05, 4.69) is 10.3 Å². The van der Waals surface area contributed by atoms with Gasteiger partial charge in [-0.1, -0.05) is 54.6 Å². The number of esters is 1. The second-order valence-electron chi connectivity index (χ2n) is 9.00.